The van der Waals surface area contributed by atoms with Crippen LogP contribution in [0.2, 0.25) is 0 Å². The van der Waals surface area contributed by atoms with E-state index in [0.717, 1.165) is 8.45 Å². The highest BCUT2D eigenvalue weighted by Crippen LogP contribution is 2.16. The van der Waals surface area contributed by atoms with Crippen molar-refractivity contribution >= 4 is 39.8 Å². The molecule has 15 heavy (non-hydrogen) atoms. The van der Waals surface area contributed by atoms with Crippen LogP contribution in [-0.2, 0) is 4.74 Å². The summed E-state index contributed by atoms with van der Waals surface area (Å²) in [5, 5.41) is 4.70. The zero-order valence-electron chi connectivity index (χ0n) is 8.75. The van der Waals surface area contributed by atoms with Crippen molar-refractivity contribution in [3.63, 3.8) is 0 Å². The Balaban J connectivity index is 2.36. The van der Waals surface area contributed by atoms with Crippen molar-refractivity contribution in [3.05, 3.63) is 19.9 Å². The van der Waals surface area contributed by atoms with E-state index < -0.39 is 0 Å². The molecule has 0 aliphatic rings. The maximum atomic E-state index is 11.6. The molecule has 0 spiro atoms. The van der Waals surface area contributed by atoms with E-state index in [9.17, 15) is 4.79 Å². The molecule has 0 radical (unpaired) electrons. The summed E-state index contributed by atoms with van der Waals surface area (Å²) in [7, 11) is 0. The number of nitrogens with one attached hydrogen (secondary N) is 1. The lowest BCUT2D eigenvalue weighted by molar-refractivity contribution is 0.0695. The van der Waals surface area contributed by atoms with Crippen LogP contribution >= 0.6 is 33.9 Å². The van der Waals surface area contributed by atoms with Crippen LogP contribution < -0.4 is 5.32 Å². The third-order valence-corrected chi connectivity index (χ3v) is 3.62. The van der Waals surface area contributed by atoms with E-state index in [1.807, 2.05) is 25.3 Å². The SMILES string of the molecule is CCOC(C)CNC(=O)c1csc(I)c1. The smallest absolute Gasteiger partial charge is 0.252 e. The molecule has 0 saturated carbocycles. The number of hydrogen-bond acceptors (Lipinski definition) is 3. The number of thiophene rings is 1. The zero-order valence-corrected chi connectivity index (χ0v) is 11.7. The fraction of sp³-hybridized carbons (Fsp3) is 0.500. The molecule has 1 atom stereocenters. The van der Waals surface area contributed by atoms with E-state index in [1.54, 1.807) is 11.3 Å². The minimum absolute atomic E-state index is 0.0271. The van der Waals surface area contributed by atoms with Gasteiger partial charge in [-0.05, 0) is 42.5 Å². The largest absolute Gasteiger partial charge is 0.377 e. The Kier molecular flexibility index (Phi) is 5.55. The Morgan fingerprint density at radius 1 is 1.73 bits per heavy atom. The Morgan fingerprint density at radius 3 is 3.00 bits per heavy atom. The van der Waals surface area contributed by atoms with Gasteiger partial charge in [-0.2, -0.15) is 0 Å². The molecule has 0 aromatic carbocycles. The van der Waals surface area contributed by atoms with Gasteiger partial charge in [-0.1, -0.05) is 0 Å². The quantitative estimate of drug-likeness (QED) is 0.838. The first-order valence-electron chi connectivity index (χ1n) is 4.77. The van der Waals surface area contributed by atoms with Gasteiger partial charge < -0.3 is 10.1 Å². The minimum atomic E-state index is -0.0271. The van der Waals surface area contributed by atoms with Crippen molar-refractivity contribution in [1.82, 2.24) is 5.32 Å². The number of carbonyl (C=O) groups excluding carboxylic acids is 1. The van der Waals surface area contributed by atoms with Crippen LogP contribution in [0.5, 0.6) is 0 Å². The summed E-state index contributed by atoms with van der Waals surface area (Å²) in [6.07, 6.45) is 0.0663. The standard InChI is InChI=1S/C10H14INO2S/c1-3-14-7(2)5-12-10(13)8-4-9(11)15-6-8/h4,6-7H,3,5H2,1-2H3,(H,12,13). The lowest BCUT2D eigenvalue weighted by atomic mass is 10.3. The molecule has 3 nitrogen and oxygen atoms in total. The summed E-state index contributed by atoms with van der Waals surface area (Å²) in [6, 6.07) is 1.88. The van der Waals surface area contributed by atoms with E-state index in [0.29, 0.717) is 13.2 Å². The highest BCUT2D eigenvalue weighted by atomic mass is 127. The van der Waals surface area contributed by atoms with Gasteiger partial charge in [0, 0.05) is 18.5 Å². The number of ether oxygens (including phenoxy) is 1. The van der Waals surface area contributed by atoms with E-state index in [-0.39, 0.29) is 12.0 Å². The van der Waals surface area contributed by atoms with Crippen LogP contribution in [-0.4, -0.2) is 25.2 Å². The Labute approximate surface area is 107 Å². The molecular weight excluding hydrogens is 325 g/mol. The van der Waals surface area contributed by atoms with Crippen molar-refractivity contribution < 1.29 is 9.53 Å². The number of rotatable bonds is 5. The van der Waals surface area contributed by atoms with E-state index in [4.69, 9.17) is 4.74 Å². The monoisotopic (exact) mass is 339 g/mol. The zero-order chi connectivity index (χ0) is 11.3. The molecule has 0 saturated heterocycles. The Morgan fingerprint density at radius 2 is 2.47 bits per heavy atom. The summed E-state index contributed by atoms with van der Waals surface area (Å²) in [5.41, 5.74) is 0.730. The third-order valence-electron chi connectivity index (χ3n) is 1.83. The fourth-order valence-corrected chi connectivity index (χ4v) is 2.44. The predicted octanol–water partition coefficient (Wildman–Crippen LogP) is 2.51. The minimum Gasteiger partial charge on any atom is -0.377 e. The van der Waals surface area contributed by atoms with Crippen LogP contribution in [0.25, 0.3) is 0 Å². The van der Waals surface area contributed by atoms with Gasteiger partial charge in [0.05, 0.1) is 14.6 Å². The van der Waals surface area contributed by atoms with Gasteiger partial charge in [0.25, 0.3) is 5.91 Å². The molecule has 1 amide bonds. The van der Waals surface area contributed by atoms with Crippen LogP contribution in [0.1, 0.15) is 24.2 Å². The number of halogens is 1. The second-order valence-corrected chi connectivity index (χ2v) is 5.92. The van der Waals surface area contributed by atoms with Crippen molar-refractivity contribution in [2.24, 2.45) is 0 Å². The maximum Gasteiger partial charge on any atom is 0.252 e. The molecule has 1 unspecified atom stereocenters. The van der Waals surface area contributed by atoms with Crippen LogP contribution in [0.3, 0.4) is 0 Å². The van der Waals surface area contributed by atoms with Crippen LogP contribution in [0.4, 0.5) is 0 Å². The van der Waals surface area contributed by atoms with Gasteiger partial charge >= 0.3 is 0 Å². The van der Waals surface area contributed by atoms with Gasteiger partial charge in [-0.25, -0.2) is 0 Å². The van der Waals surface area contributed by atoms with Gasteiger partial charge in [0.15, 0.2) is 0 Å². The summed E-state index contributed by atoms with van der Waals surface area (Å²) in [5.74, 6) is -0.0271. The Hall–Kier alpha value is -0.140. The topological polar surface area (TPSA) is 38.3 Å². The predicted molar refractivity (Wildman–Crippen MR) is 70.5 cm³/mol. The molecule has 0 aliphatic carbocycles. The third kappa shape index (κ3) is 4.48. The highest BCUT2D eigenvalue weighted by molar-refractivity contribution is 14.1. The average Bonchev–Trinajstić information content (AvgIpc) is 2.62. The summed E-state index contributed by atoms with van der Waals surface area (Å²) in [4.78, 5) is 11.6. The lowest BCUT2D eigenvalue weighted by Crippen LogP contribution is -2.31. The summed E-state index contributed by atoms with van der Waals surface area (Å²) >= 11 is 3.77. The molecule has 1 rings (SSSR count). The average molecular weight is 339 g/mol. The maximum absolute atomic E-state index is 11.6. The number of amides is 1. The molecule has 1 N–H and O–H groups in total. The number of carbonyl (C=O) groups is 1. The normalized spacial score (nSPS) is 12.5. The first-order chi connectivity index (χ1) is 7.13. The number of hydrogen-bond donors (Lipinski definition) is 1. The summed E-state index contributed by atoms with van der Waals surface area (Å²) < 4.78 is 6.44. The van der Waals surface area contributed by atoms with Gasteiger partial charge in [0.1, 0.15) is 0 Å². The molecule has 0 bridgehead atoms. The van der Waals surface area contributed by atoms with Crippen molar-refractivity contribution in [3.8, 4) is 0 Å². The van der Waals surface area contributed by atoms with Gasteiger partial charge in [-0.15, -0.1) is 11.3 Å². The van der Waals surface area contributed by atoms with Crippen molar-refractivity contribution in [2.45, 2.75) is 20.0 Å². The highest BCUT2D eigenvalue weighted by Gasteiger charge is 2.09. The first-order valence-corrected chi connectivity index (χ1v) is 6.73. The van der Waals surface area contributed by atoms with Crippen LogP contribution in [0.15, 0.2) is 11.4 Å². The summed E-state index contributed by atoms with van der Waals surface area (Å²) in [6.45, 7) is 5.12. The van der Waals surface area contributed by atoms with E-state index in [1.165, 1.54) is 0 Å². The van der Waals surface area contributed by atoms with Crippen molar-refractivity contribution in [1.29, 1.82) is 0 Å². The lowest BCUT2D eigenvalue weighted by Gasteiger charge is -2.11. The van der Waals surface area contributed by atoms with Gasteiger partial charge in [0.2, 0.25) is 0 Å². The molecule has 0 aliphatic heterocycles. The van der Waals surface area contributed by atoms with E-state index >= 15 is 0 Å². The first kappa shape index (κ1) is 12.9. The molecule has 0 fully saturated rings. The molecule has 1 aromatic rings. The molecule has 1 aromatic heterocycles. The Bertz CT molecular complexity index is 327. The second kappa shape index (κ2) is 6.44. The molecule has 84 valence electrons. The van der Waals surface area contributed by atoms with Crippen LogP contribution in [0, 0.1) is 2.88 Å². The molecular formula is C10H14INO2S. The van der Waals surface area contributed by atoms with Crippen molar-refractivity contribution in [2.75, 3.05) is 13.2 Å². The molecule has 5 heteroatoms. The van der Waals surface area contributed by atoms with E-state index in [2.05, 4.69) is 27.9 Å². The second-order valence-electron chi connectivity index (χ2n) is 3.12. The molecule has 1 heterocycles. The van der Waals surface area contributed by atoms with Gasteiger partial charge in [-0.3, -0.25) is 4.79 Å². The fourth-order valence-electron chi connectivity index (χ4n) is 1.11.